The van der Waals surface area contributed by atoms with Crippen molar-refractivity contribution in [1.82, 2.24) is 4.90 Å². The van der Waals surface area contributed by atoms with Crippen molar-refractivity contribution in [3.05, 3.63) is 75.2 Å². The maximum Gasteiger partial charge on any atom is 0.293 e. The van der Waals surface area contributed by atoms with Crippen LogP contribution in [0.25, 0.3) is 11.6 Å². The molecular weight excluding hydrogens is 440 g/mol. The molecule has 2 aliphatic heterocycles. The summed E-state index contributed by atoms with van der Waals surface area (Å²) >= 11 is 7.65. The maximum atomic E-state index is 13.0. The Kier molecular flexibility index (Phi) is 6.24. The van der Waals surface area contributed by atoms with Crippen molar-refractivity contribution in [3.8, 4) is 0 Å². The van der Waals surface area contributed by atoms with Crippen LogP contribution in [0.2, 0.25) is 5.02 Å². The minimum absolute atomic E-state index is 0.0992. The number of rotatable bonds is 5. The van der Waals surface area contributed by atoms with Crippen LogP contribution in [0.5, 0.6) is 0 Å². The number of benzene rings is 2. The third-order valence-electron chi connectivity index (χ3n) is 5.89. The topological polar surface area (TPSA) is 40.6 Å². The molecule has 2 heterocycles. The van der Waals surface area contributed by atoms with Gasteiger partial charge in [-0.15, -0.1) is 0 Å². The third kappa shape index (κ3) is 4.24. The fourth-order valence-electron chi connectivity index (χ4n) is 4.40. The summed E-state index contributed by atoms with van der Waals surface area (Å²) in [5.74, 6) is -0.279. The van der Waals surface area contributed by atoms with Crippen LogP contribution in [-0.2, 0) is 11.3 Å². The second-order valence-electron chi connectivity index (χ2n) is 8.78. The average molecular weight is 467 g/mol. The zero-order valence-electron chi connectivity index (χ0n) is 18.8. The van der Waals surface area contributed by atoms with Gasteiger partial charge in [-0.3, -0.25) is 14.5 Å². The summed E-state index contributed by atoms with van der Waals surface area (Å²) in [5.41, 5.74) is 4.97. The summed E-state index contributed by atoms with van der Waals surface area (Å²) in [6, 6.07) is 13.6. The monoisotopic (exact) mass is 466 g/mol. The lowest BCUT2D eigenvalue weighted by atomic mass is 9.87. The first-order valence-corrected chi connectivity index (χ1v) is 12.0. The van der Waals surface area contributed by atoms with Gasteiger partial charge in [-0.25, -0.2) is 0 Å². The van der Waals surface area contributed by atoms with E-state index in [9.17, 15) is 9.59 Å². The molecule has 6 heteroatoms. The fourth-order valence-corrected chi connectivity index (χ4v) is 5.44. The first-order chi connectivity index (χ1) is 15.2. The first-order valence-electron chi connectivity index (χ1n) is 10.8. The van der Waals surface area contributed by atoms with E-state index >= 15 is 0 Å². The van der Waals surface area contributed by atoms with Crippen molar-refractivity contribution in [1.29, 1.82) is 0 Å². The summed E-state index contributed by atoms with van der Waals surface area (Å²) in [5, 5.41) is 0.316. The molecule has 1 fully saturated rings. The molecule has 0 unspecified atom stereocenters. The number of hydrogen-bond acceptors (Lipinski definition) is 4. The number of halogens is 1. The number of carbonyl (C=O) groups excluding carboxylic acids is 2. The number of nitrogens with zero attached hydrogens (tertiary/aromatic N) is 2. The zero-order chi connectivity index (χ0) is 23.0. The number of anilines is 1. The number of carbonyl (C=O) groups is 2. The van der Waals surface area contributed by atoms with Gasteiger partial charge in [0.25, 0.3) is 11.1 Å². The second-order valence-corrected chi connectivity index (χ2v) is 10.2. The molecule has 0 aliphatic carbocycles. The van der Waals surface area contributed by atoms with E-state index in [1.54, 1.807) is 6.08 Å². The van der Waals surface area contributed by atoms with Crippen LogP contribution in [0.4, 0.5) is 10.5 Å². The van der Waals surface area contributed by atoms with Crippen LogP contribution in [0.3, 0.4) is 0 Å². The highest BCUT2D eigenvalue weighted by Gasteiger charge is 2.36. The van der Waals surface area contributed by atoms with Gasteiger partial charge in [0.15, 0.2) is 0 Å². The summed E-state index contributed by atoms with van der Waals surface area (Å²) in [7, 11) is 0. The van der Waals surface area contributed by atoms with Crippen LogP contribution >= 0.6 is 23.4 Å². The predicted octanol–water partition coefficient (Wildman–Crippen LogP) is 6.99. The Morgan fingerprint density at radius 2 is 1.84 bits per heavy atom. The Balaban J connectivity index is 1.67. The van der Waals surface area contributed by atoms with Gasteiger partial charge < -0.3 is 4.90 Å². The Bertz CT molecular complexity index is 1140. The van der Waals surface area contributed by atoms with E-state index in [0.717, 1.165) is 47.1 Å². The molecule has 2 amide bonds. The highest BCUT2D eigenvalue weighted by Crippen LogP contribution is 2.43. The second kappa shape index (κ2) is 8.80. The number of imide groups is 1. The number of fused-ring (bicyclic) bond motifs is 1. The Hall–Kier alpha value is -2.50. The highest BCUT2D eigenvalue weighted by molar-refractivity contribution is 8.18. The molecule has 0 spiro atoms. The molecule has 2 aromatic carbocycles. The summed E-state index contributed by atoms with van der Waals surface area (Å²) in [6.45, 7) is 9.89. The number of hydrogen-bond donors (Lipinski definition) is 0. The minimum atomic E-state index is -0.279. The summed E-state index contributed by atoms with van der Waals surface area (Å²) in [6.07, 6.45) is 5.05. The lowest BCUT2D eigenvalue weighted by Gasteiger charge is -2.43. The molecular formula is C26H27ClN2O2S. The predicted molar refractivity (Wildman–Crippen MR) is 135 cm³/mol. The van der Waals surface area contributed by atoms with Crippen molar-refractivity contribution in [2.45, 2.75) is 46.2 Å². The Morgan fingerprint density at radius 1 is 1.12 bits per heavy atom. The van der Waals surface area contributed by atoms with E-state index in [4.69, 9.17) is 11.6 Å². The lowest BCUT2D eigenvalue weighted by Crippen LogP contribution is -2.45. The van der Waals surface area contributed by atoms with Crippen LogP contribution in [-0.4, -0.2) is 28.1 Å². The van der Waals surface area contributed by atoms with Gasteiger partial charge >= 0.3 is 0 Å². The Labute approximate surface area is 198 Å². The van der Waals surface area contributed by atoms with Gasteiger partial charge in [0.2, 0.25) is 0 Å². The first kappa shape index (κ1) is 22.7. The van der Waals surface area contributed by atoms with Gasteiger partial charge in [0.1, 0.15) is 0 Å². The lowest BCUT2D eigenvalue weighted by molar-refractivity contribution is -0.123. The van der Waals surface area contributed by atoms with Crippen LogP contribution < -0.4 is 4.90 Å². The van der Waals surface area contributed by atoms with Crippen molar-refractivity contribution in [2.24, 2.45) is 0 Å². The van der Waals surface area contributed by atoms with Gasteiger partial charge in [-0.2, -0.15) is 0 Å². The molecule has 1 saturated heterocycles. The molecule has 166 valence electrons. The smallest absolute Gasteiger partial charge is 0.293 e. The van der Waals surface area contributed by atoms with Crippen molar-refractivity contribution < 1.29 is 9.59 Å². The molecule has 2 aromatic rings. The van der Waals surface area contributed by atoms with E-state index in [1.165, 1.54) is 10.5 Å². The fraction of sp³-hybridized carbons (Fsp3) is 0.308. The van der Waals surface area contributed by atoms with E-state index in [0.29, 0.717) is 9.93 Å². The van der Waals surface area contributed by atoms with Crippen LogP contribution in [0.15, 0.2) is 53.4 Å². The SMILES string of the molecule is CCCN1c2cc(Cl)c(/C=C3/SC(=O)N(Cc4ccccc4)C3=O)cc2C(C)=CC1(C)C. The summed E-state index contributed by atoms with van der Waals surface area (Å²) in [4.78, 5) is 29.5. The molecule has 0 aromatic heterocycles. The zero-order valence-corrected chi connectivity index (χ0v) is 20.4. The molecule has 4 rings (SSSR count). The quantitative estimate of drug-likeness (QED) is 0.445. The summed E-state index contributed by atoms with van der Waals surface area (Å²) < 4.78 is 0. The van der Waals surface area contributed by atoms with Gasteiger partial charge in [-0.05, 0) is 73.9 Å². The van der Waals surface area contributed by atoms with E-state index < -0.39 is 0 Å². The standard InChI is InChI=1S/C26H27ClN2O2S/c1-5-11-29-22-14-21(27)19(12-20(22)17(2)15-26(29,3)4)13-23-24(30)28(25(31)32-23)16-18-9-7-6-8-10-18/h6-10,12-15H,5,11,16H2,1-4H3/b23-13+. The maximum absolute atomic E-state index is 13.0. The average Bonchev–Trinajstić information content (AvgIpc) is 3.00. The molecule has 0 atom stereocenters. The van der Waals surface area contributed by atoms with Gasteiger partial charge in [0.05, 0.1) is 17.0 Å². The van der Waals surface area contributed by atoms with E-state index in [2.05, 4.69) is 38.7 Å². The highest BCUT2D eigenvalue weighted by atomic mass is 35.5. The minimum Gasteiger partial charge on any atom is -0.362 e. The van der Waals surface area contributed by atoms with Crippen LogP contribution in [0, 0.1) is 0 Å². The number of amides is 2. The molecule has 4 nitrogen and oxygen atoms in total. The molecule has 0 saturated carbocycles. The molecule has 0 radical (unpaired) electrons. The molecule has 0 N–H and O–H groups in total. The molecule has 2 aliphatic rings. The van der Waals surface area contributed by atoms with Gasteiger partial charge in [-0.1, -0.05) is 54.9 Å². The van der Waals surface area contributed by atoms with Gasteiger partial charge in [0, 0.05) is 22.8 Å². The van der Waals surface area contributed by atoms with Crippen molar-refractivity contribution >= 4 is 51.8 Å². The van der Waals surface area contributed by atoms with Crippen molar-refractivity contribution in [3.63, 3.8) is 0 Å². The molecule has 32 heavy (non-hydrogen) atoms. The Morgan fingerprint density at radius 3 is 2.53 bits per heavy atom. The number of allylic oxidation sites excluding steroid dienone is 1. The van der Waals surface area contributed by atoms with E-state index in [1.807, 2.05) is 42.5 Å². The largest absolute Gasteiger partial charge is 0.362 e. The third-order valence-corrected chi connectivity index (χ3v) is 7.12. The van der Waals surface area contributed by atoms with Crippen molar-refractivity contribution in [2.75, 3.05) is 11.4 Å². The normalized spacial score (nSPS) is 18.9. The van der Waals surface area contributed by atoms with E-state index in [-0.39, 0.29) is 23.2 Å². The molecule has 0 bridgehead atoms. The number of thioether (sulfide) groups is 1. The van der Waals surface area contributed by atoms with Crippen LogP contribution in [0.1, 0.15) is 50.8 Å².